The molecule has 5 aromatic carbocycles. The van der Waals surface area contributed by atoms with Crippen LogP contribution < -0.4 is 47.0 Å². The van der Waals surface area contributed by atoms with Gasteiger partial charge in [0, 0.05) is 17.0 Å². The van der Waals surface area contributed by atoms with Crippen LogP contribution in [0.2, 0.25) is 0 Å². The minimum absolute atomic E-state index is 0.0143. The van der Waals surface area contributed by atoms with Crippen LogP contribution in [0.1, 0.15) is 0 Å². The molecule has 0 N–H and O–H groups in total. The monoisotopic (exact) mass is 448 g/mol. The van der Waals surface area contributed by atoms with Gasteiger partial charge in [-0.15, -0.1) is 0 Å². The van der Waals surface area contributed by atoms with Gasteiger partial charge in [-0.2, -0.15) is 0 Å². The molecule has 0 aliphatic carbocycles. The molecule has 0 radical (unpaired) electrons. The molecule has 0 saturated carbocycles. The number of ether oxygens (including phenoxy) is 3. The molecule has 0 aromatic heterocycles. The summed E-state index contributed by atoms with van der Waals surface area (Å²) in [5, 5.41) is 0. The molecule has 35 heavy (non-hydrogen) atoms. The summed E-state index contributed by atoms with van der Waals surface area (Å²) in [4.78, 5) is 0. The van der Waals surface area contributed by atoms with Crippen LogP contribution in [0.15, 0.2) is 109 Å². The van der Waals surface area contributed by atoms with Gasteiger partial charge >= 0.3 is 0 Å². The zero-order valence-corrected chi connectivity index (χ0v) is 18.8. The van der Waals surface area contributed by atoms with Crippen LogP contribution in [0.4, 0.5) is 0 Å². The minimum Gasteiger partial charge on any atom is -0.459 e. The van der Waals surface area contributed by atoms with Crippen molar-refractivity contribution in [1.29, 1.82) is 0 Å². The molecule has 5 heteroatoms. The van der Waals surface area contributed by atoms with Gasteiger partial charge in [-0.25, -0.2) is 0 Å². The van der Waals surface area contributed by atoms with Crippen molar-refractivity contribution in [3.05, 3.63) is 109 Å². The summed E-state index contributed by atoms with van der Waals surface area (Å²) in [5.41, 5.74) is 6.78. The number of hydrogen-bond acceptors (Lipinski definition) is 3. The molecule has 3 aliphatic heterocycles. The van der Waals surface area contributed by atoms with Gasteiger partial charge in [-0.3, -0.25) is 0 Å². The Bertz CT molecular complexity index is 1640. The normalized spacial score (nSPS) is 13.7. The third-order valence-electron chi connectivity index (χ3n) is 7.33. The number of para-hydroxylation sites is 3. The fraction of sp³-hybridized carbons (Fsp3) is 0. The average molecular weight is 448 g/mol. The van der Waals surface area contributed by atoms with E-state index in [-0.39, 0.29) is 13.4 Å². The second-order valence-electron chi connectivity index (χ2n) is 9.23. The van der Waals surface area contributed by atoms with E-state index in [1.165, 1.54) is 5.46 Å². The molecule has 3 heterocycles. The molecule has 0 spiro atoms. The van der Waals surface area contributed by atoms with Crippen LogP contribution in [0.25, 0.3) is 0 Å². The van der Waals surface area contributed by atoms with Gasteiger partial charge in [-0.05, 0) is 34.6 Å². The highest BCUT2D eigenvalue weighted by Crippen LogP contribution is 2.39. The number of fused-ring (bicyclic) bond motifs is 7. The summed E-state index contributed by atoms with van der Waals surface area (Å²) in [6.07, 6.45) is 0. The average Bonchev–Trinajstić information content (AvgIpc) is 2.92. The van der Waals surface area contributed by atoms with Crippen molar-refractivity contribution in [3.63, 3.8) is 0 Å². The second-order valence-corrected chi connectivity index (χ2v) is 9.23. The Morgan fingerprint density at radius 3 is 1.46 bits per heavy atom. The molecule has 0 amide bonds. The predicted molar refractivity (Wildman–Crippen MR) is 142 cm³/mol. The maximum absolute atomic E-state index is 6.74. The Hall–Kier alpha value is -4.37. The summed E-state index contributed by atoms with van der Waals surface area (Å²) in [7, 11) is 0. The van der Waals surface area contributed by atoms with E-state index in [2.05, 4.69) is 78.9 Å². The van der Waals surface area contributed by atoms with Gasteiger partial charge in [0.15, 0.2) is 0 Å². The molecule has 0 saturated heterocycles. The van der Waals surface area contributed by atoms with Gasteiger partial charge in [0.25, 0.3) is 13.4 Å². The molecule has 0 unspecified atom stereocenters. The van der Waals surface area contributed by atoms with Crippen LogP contribution in [0, 0.1) is 0 Å². The lowest BCUT2D eigenvalue weighted by Crippen LogP contribution is -2.62. The van der Waals surface area contributed by atoms with Gasteiger partial charge in [0.1, 0.15) is 34.5 Å². The molecule has 0 atom stereocenters. The van der Waals surface area contributed by atoms with E-state index in [0.29, 0.717) is 0 Å². The van der Waals surface area contributed by atoms with Crippen molar-refractivity contribution in [3.8, 4) is 34.5 Å². The standard InChI is InChI=1S/C30H18B2O3/c1-2-10-19(11-3-1)31-20-12-4-7-15-23(20)33-26-18-27-29-30(28(26)31)35-25-17-9-6-14-22(25)32(29)21-13-5-8-16-24(21)34-27/h1-18H. The summed E-state index contributed by atoms with van der Waals surface area (Å²) in [5.74, 6) is 5.05. The van der Waals surface area contributed by atoms with Crippen molar-refractivity contribution in [1.82, 2.24) is 0 Å². The van der Waals surface area contributed by atoms with Crippen molar-refractivity contribution < 1.29 is 14.2 Å². The largest absolute Gasteiger partial charge is 0.459 e. The van der Waals surface area contributed by atoms with Crippen LogP contribution in [-0.2, 0) is 0 Å². The maximum Gasteiger partial charge on any atom is 0.260 e. The quantitative estimate of drug-likeness (QED) is 0.362. The van der Waals surface area contributed by atoms with Gasteiger partial charge in [0.05, 0.1) is 0 Å². The summed E-state index contributed by atoms with van der Waals surface area (Å²) in [6, 6.07) is 37.6. The molecule has 0 bridgehead atoms. The van der Waals surface area contributed by atoms with E-state index in [0.717, 1.165) is 61.8 Å². The summed E-state index contributed by atoms with van der Waals surface area (Å²) >= 11 is 0. The number of rotatable bonds is 1. The van der Waals surface area contributed by atoms with Gasteiger partial charge in [-0.1, -0.05) is 90.4 Å². The van der Waals surface area contributed by atoms with Crippen molar-refractivity contribution in [2.75, 3.05) is 0 Å². The third-order valence-corrected chi connectivity index (χ3v) is 7.33. The SMILES string of the molecule is c1ccc(B2c3ccccc3Oc3cc4c5c(c32)Oc2ccccc2B5c2ccccc2O4)cc1. The van der Waals surface area contributed by atoms with Gasteiger partial charge in [0.2, 0.25) is 0 Å². The summed E-state index contributed by atoms with van der Waals surface area (Å²) in [6.45, 7) is 0.0216. The molecular weight excluding hydrogens is 430 g/mol. The lowest BCUT2D eigenvalue weighted by atomic mass is 9.31. The topological polar surface area (TPSA) is 27.7 Å². The highest BCUT2D eigenvalue weighted by molar-refractivity contribution is 7.01. The minimum atomic E-state index is -0.0143. The first-order valence-corrected chi connectivity index (χ1v) is 11.9. The third kappa shape index (κ3) is 2.64. The fourth-order valence-electron chi connectivity index (χ4n) is 5.88. The smallest absolute Gasteiger partial charge is 0.260 e. The van der Waals surface area contributed by atoms with Crippen LogP contribution in [-0.4, -0.2) is 13.4 Å². The van der Waals surface area contributed by atoms with Crippen molar-refractivity contribution >= 4 is 46.2 Å². The lowest BCUT2D eigenvalue weighted by molar-refractivity contribution is 0.447. The lowest BCUT2D eigenvalue weighted by Gasteiger charge is -2.37. The molecule has 0 fully saturated rings. The molecule has 8 rings (SSSR count). The Balaban J connectivity index is 1.46. The van der Waals surface area contributed by atoms with E-state index < -0.39 is 0 Å². The van der Waals surface area contributed by atoms with Crippen LogP contribution in [0.5, 0.6) is 34.5 Å². The summed E-state index contributed by atoms with van der Waals surface area (Å²) < 4.78 is 19.7. The highest BCUT2D eigenvalue weighted by Gasteiger charge is 2.45. The maximum atomic E-state index is 6.74. The van der Waals surface area contributed by atoms with Gasteiger partial charge < -0.3 is 14.2 Å². The van der Waals surface area contributed by atoms with E-state index >= 15 is 0 Å². The van der Waals surface area contributed by atoms with E-state index in [9.17, 15) is 0 Å². The first-order valence-electron chi connectivity index (χ1n) is 11.9. The predicted octanol–water partition coefficient (Wildman–Crippen LogP) is 3.04. The fourth-order valence-corrected chi connectivity index (χ4v) is 5.88. The Labute approximate surface area is 204 Å². The Morgan fingerprint density at radius 2 is 0.857 bits per heavy atom. The van der Waals surface area contributed by atoms with Crippen molar-refractivity contribution in [2.45, 2.75) is 0 Å². The zero-order chi connectivity index (χ0) is 22.9. The Morgan fingerprint density at radius 1 is 0.400 bits per heavy atom. The van der Waals surface area contributed by atoms with Crippen molar-refractivity contribution in [2.24, 2.45) is 0 Å². The molecule has 3 aliphatic rings. The van der Waals surface area contributed by atoms with Crippen LogP contribution in [0.3, 0.4) is 0 Å². The van der Waals surface area contributed by atoms with E-state index in [1.54, 1.807) is 0 Å². The zero-order valence-electron chi connectivity index (χ0n) is 18.8. The first kappa shape index (κ1) is 19.0. The van der Waals surface area contributed by atoms with E-state index in [1.807, 2.05) is 30.3 Å². The molecule has 162 valence electrons. The Kier molecular flexibility index (Phi) is 3.83. The molecule has 3 nitrogen and oxygen atoms in total. The van der Waals surface area contributed by atoms with Crippen LogP contribution >= 0.6 is 0 Å². The number of hydrogen-bond donors (Lipinski definition) is 0. The molecule has 5 aromatic rings. The number of benzene rings is 5. The first-order chi connectivity index (χ1) is 17.4. The second kappa shape index (κ2) is 7.07. The molecular formula is C30H18B2O3. The van der Waals surface area contributed by atoms with E-state index in [4.69, 9.17) is 14.2 Å². The highest BCUT2D eigenvalue weighted by atomic mass is 16.5.